The van der Waals surface area contributed by atoms with Gasteiger partial charge in [0.15, 0.2) is 11.3 Å². The number of aromatic amines is 1. The minimum atomic E-state index is -0.420. The van der Waals surface area contributed by atoms with Crippen LogP contribution in [0.1, 0.15) is 59.6 Å². The van der Waals surface area contributed by atoms with Crippen molar-refractivity contribution in [2.24, 2.45) is 0 Å². The molecule has 2 heterocycles. The predicted molar refractivity (Wildman–Crippen MR) is 110 cm³/mol. The Morgan fingerprint density at radius 1 is 1.21 bits per heavy atom. The molecule has 0 bridgehead atoms. The number of fused-ring (bicyclic) bond motifs is 1. The molecular weight excluding hydrogens is 366 g/mol. The molecule has 29 heavy (non-hydrogen) atoms. The first-order valence-electron chi connectivity index (χ1n) is 9.87. The summed E-state index contributed by atoms with van der Waals surface area (Å²) in [7, 11) is 3.16. The second-order valence-corrected chi connectivity index (χ2v) is 7.77. The molecule has 1 saturated carbocycles. The van der Waals surface area contributed by atoms with Crippen molar-refractivity contribution in [3.63, 3.8) is 0 Å². The summed E-state index contributed by atoms with van der Waals surface area (Å²) in [6.07, 6.45) is 6.34. The van der Waals surface area contributed by atoms with E-state index in [1.165, 1.54) is 48.6 Å². The van der Waals surface area contributed by atoms with Gasteiger partial charge in [0.1, 0.15) is 11.6 Å². The normalized spacial score (nSPS) is 14.7. The highest BCUT2D eigenvalue weighted by Crippen LogP contribution is 2.33. The standard InChI is InChI=1S/C22H23N5O2/c1-26(2)22(29)20-17(13-23)21-24-18(12-19(28)27(21)25-20)16-10-8-15(9-11-16)14-6-4-3-5-7-14/h8-12,14,24H,3-7H2,1-2H3. The molecule has 7 heteroatoms. The van der Waals surface area contributed by atoms with Crippen LogP contribution in [-0.4, -0.2) is 39.5 Å². The van der Waals surface area contributed by atoms with E-state index in [1.54, 1.807) is 14.1 Å². The first-order chi connectivity index (χ1) is 14.0. The fraction of sp³-hybridized carbons (Fsp3) is 0.364. The summed E-state index contributed by atoms with van der Waals surface area (Å²) in [6.45, 7) is 0. The van der Waals surface area contributed by atoms with Crippen LogP contribution in [0.15, 0.2) is 35.1 Å². The molecule has 1 amide bonds. The molecule has 3 aromatic rings. The van der Waals surface area contributed by atoms with Crippen LogP contribution in [0.2, 0.25) is 0 Å². The topological polar surface area (TPSA) is 94.3 Å². The highest BCUT2D eigenvalue weighted by atomic mass is 16.2. The van der Waals surface area contributed by atoms with Gasteiger partial charge in [0.2, 0.25) is 0 Å². The SMILES string of the molecule is CN(C)C(=O)c1nn2c(=O)cc(-c3ccc(C4CCCCC4)cc3)[nH]c2c1C#N. The van der Waals surface area contributed by atoms with E-state index in [4.69, 9.17) is 0 Å². The molecular formula is C22H23N5O2. The number of rotatable bonds is 3. The number of carbonyl (C=O) groups is 1. The van der Waals surface area contributed by atoms with Gasteiger partial charge >= 0.3 is 0 Å². The molecule has 0 unspecified atom stereocenters. The van der Waals surface area contributed by atoms with Gasteiger partial charge in [-0.2, -0.15) is 14.9 Å². The van der Waals surface area contributed by atoms with Gasteiger partial charge in [-0.05, 0) is 29.9 Å². The van der Waals surface area contributed by atoms with Gasteiger partial charge in [-0.1, -0.05) is 43.5 Å². The van der Waals surface area contributed by atoms with Gasteiger partial charge in [0, 0.05) is 20.2 Å². The van der Waals surface area contributed by atoms with Gasteiger partial charge in [-0.25, -0.2) is 0 Å². The molecule has 148 valence electrons. The zero-order valence-electron chi connectivity index (χ0n) is 16.6. The van der Waals surface area contributed by atoms with Crippen molar-refractivity contribution in [2.75, 3.05) is 14.1 Å². The predicted octanol–water partition coefficient (Wildman–Crippen LogP) is 3.31. The Hall–Kier alpha value is -3.40. The van der Waals surface area contributed by atoms with Gasteiger partial charge in [0.25, 0.3) is 11.5 Å². The zero-order valence-corrected chi connectivity index (χ0v) is 16.6. The van der Waals surface area contributed by atoms with Crippen LogP contribution in [0.5, 0.6) is 0 Å². The van der Waals surface area contributed by atoms with Crippen molar-refractivity contribution in [2.45, 2.75) is 38.0 Å². The number of amides is 1. The quantitative estimate of drug-likeness (QED) is 0.743. The van der Waals surface area contributed by atoms with E-state index in [0.29, 0.717) is 11.6 Å². The third-order valence-corrected chi connectivity index (χ3v) is 5.63. The largest absolute Gasteiger partial charge is 0.343 e. The number of carbonyl (C=O) groups excluding carboxylic acids is 1. The van der Waals surface area contributed by atoms with Crippen LogP contribution < -0.4 is 5.56 Å². The Balaban J connectivity index is 1.76. The summed E-state index contributed by atoms with van der Waals surface area (Å²) in [5.41, 5.74) is 2.67. The Morgan fingerprint density at radius 3 is 2.52 bits per heavy atom. The van der Waals surface area contributed by atoms with Crippen molar-refractivity contribution in [3.8, 4) is 17.3 Å². The van der Waals surface area contributed by atoms with Crippen molar-refractivity contribution in [1.82, 2.24) is 19.5 Å². The average molecular weight is 389 g/mol. The lowest BCUT2D eigenvalue weighted by atomic mass is 9.84. The number of benzene rings is 1. The molecule has 1 fully saturated rings. The van der Waals surface area contributed by atoms with Crippen molar-refractivity contribution >= 4 is 11.6 Å². The van der Waals surface area contributed by atoms with Crippen LogP contribution >= 0.6 is 0 Å². The lowest BCUT2D eigenvalue weighted by Crippen LogP contribution is -2.23. The minimum absolute atomic E-state index is 0.0318. The highest BCUT2D eigenvalue weighted by Gasteiger charge is 2.23. The van der Waals surface area contributed by atoms with Crippen LogP contribution in [0.4, 0.5) is 0 Å². The molecule has 0 aliphatic heterocycles. The smallest absolute Gasteiger partial charge is 0.275 e. The average Bonchev–Trinajstić information content (AvgIpc) is 3.13. The van der Waals surface area contributed by atoms with Crippen LogP contribution in [0.3, 0.4) is 0 Å². The fourth-order valence-electron chi connectivity index (χ4n) is 4.03. The van der Waals surface area contributed by atoms with Crippen LogP contribution in [0, 0.1) is 11.3 Å². The van der Waals surface area contributed by atoms with E-state index in [0.717, 1.165) is 10.1 Å². The molecule has 4 rings (SSSR count). The van der Waals surface area contributed by atoms with E-state index < -0.39 is 5.91 Å². The van der Waals surface area contributed by atoms with Crippen molar-refractivity contribution < 1.29 is 4.79 Å². The van der Waals surface area contributed by atoms with Crippen LogP contribution in [0.25, 0.3) is 16.9 Å². The number of nitriles is 1. The Kier molecular flexibility index (Phi) is 4.93. The van der Waals surface area contributed by atoms with Gasteiger partial charge < -0.3 is 9.88 Å². The molecule has 0 radical (unpaired) electrons. The maximum atomic E-state index is 12.6. The summed E-state index contributed by atoms with van der Waals surface area (Å²) in [4.78, 5) is 29.4. The van der Waals surface area contributed by atoms with E-state index >= 15 is 0 Å². The first kappa shape index (κ1) is 18.9. The second kappa shape index (κ2) is 7.55. The maximum absolute atomic E-state index is 12.6. The number of H-pyrrole nitrogens is 1. The number of hydrogen-bond acceptors (Lipinski definition) is 4. The van der Waals surface area contributed by atoms with Gasteiger partial charge in [0.05, 0.1) is 5.69 Å². The summed E-state index contributed by atoms with van der Waals surface area (Å²) >= 11 is 0. The van der Waals surface area contributed by atoms with Crippen molar-refractivity contribution in [1.29, 1.82) is 5.26 Å². The summed E-state index contributed by atoms with van der Waals surface area (Å²) in [5.74, 6) is 0.190. The third-order valence-electron chi connectivity index (χ3n) is 5.63. The lowest BCUT2D eigenvalue weighted by Gasteiger charge is -2.22. The molecule has 0 spiro atoms. The number of hydrogen-bond donors (Lipinski definition) is 1. The number of aromatic nitrogens is 3. The van der Waals surface area contributed by atoms with Gasteiger partial charge in [-0.3, -0.25) is 9.59 Å². The first-order valence-corrected chi connectivity index (χ1v) is 9.87. The molecule has 1 aliphatic carbocycles. The summed E-state index contributed by atoms with van der Waals surface area (Å²) < 4.78 is 1.08. The maximum Gasteiger partial charge on any atom is 0.275 e. The number of nitrogens with zero attached hydrogens (tertiary/aromatic N) is 4. The van der Waals surface area contributed by atoms with E-state index in [1.807, 2.05) is 18.2 Å². The minimum Gasteiger partial charge on any atom is -0.343 e. The van der Waals surface area contributed by atoms with E-state index in [9.17, 15) is 14.9 Å². The third kappa shape index (κ3) is 3.42. The van der Waals surface area contributed by atoms with Gasteiger partial charge in [-0.15, -0.1) is 0 Å². The Morgan fingerprint density at radius 2 is 1.90 bits per heavy atom. The molecule has 7 nitrogen and oxygen atoms in total. The molecule has 1 N–H and O–H groups in total. The Bertz CT molecular complexity index is 1160. The molecule has 1 aliphatic rings. The molecule has 2 aromatic heterocycles. The van der Waals surface area contributed by atoms with Crippen LogP contribution in [-0.2, 0) is 0 Å². The highest BCUT2D eigenvalue weighted by molar-refractivity contribution is 5.96. The van der Waals surface area contributed by atoms with E-state index in [2.05, 4.69) is 22.2 Å². The number of nitrogens with one attached hydrogen (secondary N) is 1. The summed E-state index contributed by atoms with van der Waals surface area (Å²) in [6, 6.07) is 11.7. The Labute approximate surface area is 168 Å². The lowest BCUT2D eigenvalue weighted by molar-refractivity contribution is 0.0821. The fourth-order valence-corrected chi connectivity index (χ4v) is 4.03. The van der Waals surface area contributed by atoms with Crippen molar-refractivity contribution in [3.05, 3.63) is 57.5 Å². The second-order valence-electron chi connectivity index (χ2n) is 7.77. The molecule has 0 saturated heterocycles. The zero-order chi connectivity index (χ0) is 20.5. The molecule has 1 aromatic carbocycles. The molecule has 0 atom stereocenters. The monoisotopic (exact) mass is 389 g/mol. The summed E-state index contributed by atoms with van der Waals surface area (Å²) in [5, 5.41) is 13.6. The van der Waals surface area contributed by atoms with E-state index in [-0.39, 0.29) is 22.5 Å².